The number of methoxy groups -OCH3 is 1. The summed E-state index contributed by atoms with van der Waals surface area (Å²) in [6.07, 6.45) is 5.18. The van der Waals surface area contributed by atoms with Crippen LogP contribution in [0.1, 0.15) is 54.9 Å². The highest BCUT2D eigenvalue weighted by atomic mass is 32.2. The molecule has 1 atom stereocenters. The van der Waals surface area contributed by atoms with Gasteiger partial charge in [0, 0.05) is 39.8 Å². The predicted octanol–water partition coefficient (Wildman–Crippen LogP) is 4.61. The molecule has 0 aliphatic heterocycles. The fourth-order valence-electron chi connectivity index (χ4n) is 4.86. The van der Waals surface area contributed by atoms with E-state index in [2.05, 4.69) is 36.5 Å². The van der Waals surface area contributed by atoms with Gasteiger partial charge in [0.05, 0.1) is 18.6 Å². The molecular formula is C30H45N3O4S. The van der Waals surface area contributed by atoms with Gasteiger partial charge in [0.25, 0.3) is 0 Å². The van der Waals surface area contributed by atoms with Crippen LogP contribution in [0.15, 0.2) is 41.3 Å². The smallest absolute Gasteiger partial charge is 0.248 e. The minimum absolute atomic E-state index is 0.000421. The second kappa shape index (κ2) is 14.8. The molecule has 3 rings (SSSR count). The Kier molecular flexibility index (Phi) is 11.8. The van der Waals surface area contributed by atoms with Gasteiger partial charge in [-0.1, -0.05) is 31.2 Å². The monoisotopic (exact) mass is 543 g/mol. The maximum absolute atomic E-state index is 13.0. The molecule has 210 valence electrons. The first-order valence-electron chi connectivity index (χ1n) is 13.6. The highest BCUT2D eigenvalue weighted by Crippen LogP contribution is 2.26. The molecule has 2 aromatic rings. The summed E-state index contributed by atoms with van der Waals surface area (Å²) in [4.78, 5) is 15.0. The Labute approximate surface area is 231 Å². The maximum Gasteiger partial charge on any atom is 0.248 e. The minimum Gasteiger partial charge on any atom is -0.497 e. The summed E-state index contributed by atoms with van der Waals surface area (Å²) in [5.74, 6) is 1.54. The van der Waals surface area contributed by atoms with E-state index in [1.165, 1.54) is 31.2 Å². The van der Waals surface area contributed by atoms with Crippen molar-refractivity contribution in [2.24, 2.45) is 5.92 Å². The van der Waals surface area contributed by atoms with Crippen molar-refractivity contribution in [1.29, 1.82) is 0 Å². The molecule has 0 spiro atoms. The number of ether oxygens (including phenoxy) is 2. The van der Waals surface area contributed by atoms with E-state index < -0.39 is 11.0 Å². The lowest BCUT2D eigenvalue weighted by Crippen LogP contribution is -2.32. The van der Waals surface area contributed by atoms with E-state index >= 15 is 0 Å². The molecule has 0 aromatic heterocycles. The fraction of sp³-hybridized carbons (Fsp3) is 0.567. The SMILES string of the molecule is COc1cc(C)c(S(=O)N(C)CCOCC(=O)N(C)Cc2ccc(CNC3CCC(C)CC3)cc2)c(C)c1. The van der Waals surface area contributed by atoms with E-state index in [0.717, 1.165) is 39.8 Å². The zero-order valence-corrected chi connectivity index (χ0v) is 24.7. The Morgan fingerprint density at radius 2 is 1.63 bits per heavy atom. The average molecular weight is 544 g/mol. The van der Waals surface area contributed by atoms with E-state index in [9.17, 15) is 9.00 Å². The van der Waals surface area contributed by atoms with Crippen LogP contribution in [0.4, 0.5) is 0 Å². The highest BCUT2D eigenvalue weighted by Gasteiger charge is 2.18. The predicted molar refractivity (Wildman–Crippen MR) is 154 cm³/mol. The van der Waals surface area contributed by atoms with Crippen LogP contribution in [0.3, 0.4) is 0 Å². The van der Waals surface area contributed by atoms with E-state index in [4.69, 9.17) is 9.47 Å². The van der Waals surface area contributed by atoms with Crippen LogP contribution in [0.25, 0.3) is 0 Å². The first-order chi connectivity index (χ1) is 18.2. The van der Waals surface area contributed by atoms with Crippen LogP contribution < -0.4 is 10.1 Å². The van der Waals surface area contributed by atoms with Crippen molar-refractivity contribution in [3.05, 3.63) is 58.7 Å². The standard InChI is InChI=1S/C30H45N3O4S/c1-22-7-13-27(14-8-22)31-19-25-9-11-26(12-10-25)20-32(4)29(34)21-37-16-15-33(5)38(35)30-23(2)17-28(36-6)18-24(30)3/h9-12,17-18,22,27,31H,7-8,13-16,19-21H2,1-6H3. The number of benzene rings is 2. The minimum atomic E-state index is -1.32. The van der Waals surface area contributed by atoms with Crippen LogP contribution in [-0.4, -0.2) is 66.3 Å². The van der Waals surface area contributed by atoms with Gasteiger partial charge in [-0.15, -0.1) is 0 Å². The Balaban J connectivity index is 1.37. The summed E-state index contributed by atoms with van der Waals surface area (Å²) in [5.41, 5.74) is 4.21. The zero-order valence-electron chi connectivity index (χ0n) is 23.9. The Morgan fingerprint density at radius 3 is 2.24 bits per heavy atom. The topological polar surface area (TPSA) is 71.1 Å². The van der Waals surface area contributed by atoms with Crippen LogP contribution >= 0.6 is 0 Å². The maximum atomic E-state index is 13.0. The number of hydrogen-bond acceptors (Lipinski definition) is 5. The third-order valence-corrected chi connectivity index (χ3v) is 9.12. The first-order valence-corrected chi connectivity index (χ1v) is 14.7. The lowest BCUT2D eigenvalue weighted by Gasteiger charge is -2.27. The van der Waals surface area contributed by atoms with Crippen molar-refractivity contribution in [2.75, 3.05) is 41.0 Å². The Morgan fingerprint density at radius 1 is 1.03 bits per heavy atom. The number of rotatable bonds is 13. The molecule has 0 bridgehead atoms. The number of carbonyl (C=O) groups is 1. The van der Waals surface area contributed by atoms with Crippen molar-refractivity contribution in [2.45, 2.75) is 70.5 Å². The van der Waals surface area contributed by atoms with Crippen molar-refractivity contribution in [3.63, 3.8) is 0 Å². The van der Waals surface area contributed by atoms with Gasteiger partial charge in [-0.25, -0.2) is 8.51 Å². The molecule has 8 heteroatoms. The Bertz CT molecular complexity index is 1040. The molecule has 1 fully saturated rings. The van der Waals surface area contributed by atoms with Gasteiger partial charge < -0.3 is 19.7 Å². The highest BCUT2D eigenvalue weighted by molar-refractivity contribution is 7.82. The molecule has 2 aromatic carbocycles. The number of amides is 1. The van der Waals surface area contributed by atoms with Gasteiger partial charge in [0.2, 0.25) is 5.91 Å². The molecule has 1 amide bonds. The Hall–Kier alpha value is -2.26. The molecule has 0 saturated heterocycles. The van der Waals surface area contributed by atoms with Gasteiger partial charge in [-0.3, -0.25) is 4.79 Å². The second-order valence-electron chi connectivity index (χ2n) is 10.6. The molecule has 0 heterocycles. The number of aryl methyl sites for hydroxylation is 2. The zero-order chi connectivity index (χ0) is 27.7. The summed E-state index contributed by atoms with van der Waals surface area (Å²) in [6.45, 7) is 8.40. The van der Waals surface area contributed by atoms with Crippen molar-refractivity contribution >= 4 is 16.9 Å². The molecule has 1 aliphatic carbocycles. The van der Waals surface area contributed by atoms with E-state index in [0.29, 0.717) is 25.7 Å². The molecule has 1 saturated carbocycles. The van der Waals surface area contributed by atoms with Crippen LogP contribution in [0.2, 0.25) is 0 Å². The summed E-state index contributed by atoms with van der Waals surface area (Å²) in [6, 6.07) is 12.9. The van der Waals surface area contributed by atoms with Crippen LogP contribution in [-0.2, 0) is 33.6 Å². The van der Waals surface area contributed by atoms with Gasteiger partial charge in [0.15, 0.2) is 0 Å². The van der Waals surface area contributed by atoms with Gasteiger partial charge >= 0.3 is 0 Å². The molecule has 7 nitrogen and oxygen atoms in total. The molecule has 38 heavy (non-hydrogen) atoms. The van der Waals surface area contributed by atoms with Crippen LogP contribution in [0, 0.1) is 19.8 Å². The number of hydrogen-bond donors (Lipinski definition) is 1. The number of nitrogens with zero attached hydrogens (tertiary/aromatic N) is 2. The number of carbonyl (C=O) groups excluding carboxylic acids is 1. The molecule has 1 aliphatic rings. The first kappa shape index (κ1) is 30.3. The molecule has 1 unspecified atom stereocenters. The van der Waals surface area contributed by atoms with Crippen molar-refractivity contribution in [1.82, 2.24) is 14.5 Å². The quantitative estimate of drug-likeness (QED) is 0.374. The normalized spacial score (nSPS) is 18.4. The largest absolute Gasteiger partial charge is 0.497 e. The molecule has 0 radical (unpaired) electrons. The van der Waals surface area contributed by atoms with E-state index in [1.54, 1.807) is 30.4 Å². The van der Waals surface area contributed by atoms with Crippen LogP contribution in [0.5, 0.6) is 5.75 Å². The number of likely N-dealkylation sites (N-methyl/N-ethyl adjacent to an activating group) is 2. The van der Waals surface area contributed by atoms with Gasteiger partial charge in [-0.05, 0) is 79.8 Å². The summed E-state index contributed by atoms with van der Waals surface area (Å²) in [7, 11) is 3.90. The third kappa shape index (κ3) is 8.90. The third-order valence-electron chi connectivity index (χ3n) is 7.38. The summed E-state index contributed by atoms with van der Waals surface area (Å²) >= 11 is 0. The van der Waals surface area contributed by atoms with Crippen molar-refractivity contribution < 1.29 is 18.5 Å². The van der Waals surface area contributed by atoms with E-state index in [1.807, 2.05) is 26.0 Å². The number of nitrogens with one attached hydrogen (secondary N) is 1. The van der Waals surface area contributed by atoms with Crippen molar-refractivity contribution in [3.8, 4) is 5.75 Å². The molecule has 1 N–H and O–H groups in total. The lowest BCUT2D eigenvalue weighted by molar-refractivity contribution is -0.135. The average Bonchev–Trinajstić information content (AvgIpc) is 2.90. The summed E-state index contributed by atoms with van der Waals surface area (Å²) < 4.78 is 25.7. The van der Waals surface area contributed by atoms with Gasteiger partial charge in [0.1, 0.15) is 23.3 Å². The molecular weight excluding hydrogens is 498 g/mol. The van der Waals surface area contributed by atoms with E-state index in [-0.39, 0.29) is 12.5 Å². The lowest BCUT2D eigenvalue weighted by atomic mass is 9.87. The van der Waals surface area contributed by atoms with Gasteiger partial charge in [-0.2, -0.15) is 0 Å². The fourth-order valence-corrected chi connectivity index (χ4v) is 6.08. The second-order valence-corrected chi connectivity index (χ2v) is 12.2. The summed E-state index contributed by atoms with van der Waals surface area (Å²) in [5, 5.41) is 3.69.